The average Bonchev–Trinajstić information content (AvgIpc) is 3.06. The molecule has 1 aromatic carbocycles. The van der Waals surface area contributed by atoms with E-state index in [1.54, 1.807) is 7.11 Å². The first-order chi connectivity index (χ1) is 12.6. The fourth-order valence-electron chi connectivity index (χ4n) is 7.70. The van der Waals surface area contributed by atoms with E-state index >= 15 is 0 Å². The van der Waals surface area contributed by atoms with Crippen molar-refractivity contribution in [3.05, 3.63) is 29.3 Å². The number of hydrogen-bond acceptors (Lipinski definition) is 3. The first-order valence-corrected chi connectivity index (χ1v) is 10.8. The second kappa shape index (κ2) is 5.05. The van der Waals surface area contributed by atoms with E-state index in [0.29, 0.717) is 6.04 Å². The van der Waals surface area contributed by atoms with Crippen molar-refractivity contribution in [2.75, 3.05) is 20.2 Å². The molecule has 140 valence electrons. The summed E-state index contributed by atoms with van der Waals surface area (Å²) < 4.78 is 5.58. The molecule has 1 heterocycles. The van der Waals surface area contributed by atoms with Crippen molar-refractivity contribution in [2.45, 2.75) is 80.3 Å². The highest BCUT2D eigenvalue weighted by atomic mass is 16.5. The summed E-state index contributed by atoms with van der Waals surface area (Å²) in [5.74, 6) is 1.83. The van der Waals surface area contributed by atoms with Gasteiger partial charge in [-0.15, -0.1) is 0 Å². The smallest absolute Gasteiger partial charge is 0.119 e. The zero-order valence-corrected chi connectivity index (χ0v) is 16.0. The minimum Gasteiger partial charge on any atom is -0.497 e. The highest BCUT2D eigenvalue weighted by Gasteiger charge is 2.73. The molecule has 3 nitrogen and oxygen atoms in total. The molecular formula is C23H31NO2. The van der Waals surface area contributed by atoms with Crippen LogP contribution in [-0.2, 0) is 10.8 Å². The summed E-state index contributed by atoms with van der Waals surface area (Å²) in [4.78, 5) is 2.73. The van der Waals surface area contributed by atoms with Crippen molar-refractivity contribution in [3.8, 4) is 5.75 Å². The number of hydrogen-bond donors (Lipinski definition) is 1. The summed E-state index contributed by atoms with van der Waals surface area (Å²) in [7, 11) is 1.76. The van der Waals surface area contributed by atoms with E-state index in [9.17, 15) is 5.11 Å². The third-order valence-corrected chi connectivity index (χ3v) is 8.99. The number of nitrogens with zero attached hydrogens (tertiary/aromatic N) is 1. The summed E-state index contributed by atoms with van der Waals surface area (Å²) in [5.41, 5.74) is 2.67. The van der Waals surface area contributed by atoms with Crippen LogP contribution in [0.2, 0.25) is 0 Å². The molecule has 4 aliphatic carbocycles. The topological polar surface area (TPSA) is 32.7 Å². The quantitative estimate of drug-likeness (QED) is 0.898. The maximum atomic E-state index is 12.3. The van der Waals surface area contributed by atoms with Gasteiger partial charge >= 0.3 is 0 Å². The number of aliphatic hydroxyl groups is 1. The van der Waals surface area contributed by atoms with Gasteiger partial charge in [0.25, 0.3) is 0 Å². The second-order valence-electron chi connectivity index (χ2n) is 10.0. The van der Waals surface area contributed by atoms with Crippen molar-refractivity contribution in [1.82, 2.24) is 4.90 Å². The Kier molecular flexibility index (Phi) is 3.10. The maximum absolute atomic E-state index is 12.3. The van der Waals surface area contributed by atoms with E-state index in [-0.39, 0.29) is 10.8 Å². The summed E-state index contributed by atoms with van der Waals surface area (Å²) in [6.45, 7) is 2.38. The second-order valence-corrected chi connectivity index (χ2v) is 10.0. The molecule has 1 aliphatic heterocycles. The third kappa shape index (κ3) is 1.73. The number of benzene rings is 1. The number of rotatable bonds is 3. The minimum absolute atomic E-state index is 0.0353. The van der Waals surface area contributed by atoms with Crippen LogP contribution in [0.3, 0.4) is 0 Å². The van der Waals surface area contributed by atoms with E-state index in [0.717, 1.165) is 43.9 Å². The first kappa shape index (κ1) is 15.9. The van der Waals surface area contributed by atoms with Gasteiger partial charge in [0.1, 0.15) is 5.75 Å². The highest BCUT2D eigenvalue weighted by Crippen LogP contribution is 2.69. The van der Waals surface area contributed by atoms with Crippen LogP contribution in [0.25, 0.3) is 0 Å². The van der Waals surface area contributed by atoms with Crippen LogP contribution < -0.4 is 4.74 Å². The normalized spacial score (nSPS) is 43.7. The predicted molar refractivity (Wildman–Crippen MR) is 102 cm³/mol. The number of likely N-dealkylation sites (tertiary alicyclic amines) is 1. The molecule has 0 aromatic heterocycles. The van der Waals surface area contributed by atoms with Crippen molar-refractivity contribution in [2.24, 2.45) is 5.92 Å². The lowest BCUT2D eigenvalue weighted by Crippen LogP contribution is -2.64. The SMILES string of the molecule is COc1ccc2c(c1)C13CCCCC1(O)C1CC2(CN1CC1CCC1)C3. The van der Waals surface area contributed by atoms with Gasteiger partial charge in [0.2, 0.25) is 0 Å². The van der Waals surface area contributed by atoms with Crippen molar-refractivity contribution >= 4 is 0 Å². The Labute approximate surface area is 156 Å². The lowest BCUT2D eigenvalue weighted by Gasteiger charge is -2.56. The Morgan fingerprint density at radius 1 is 1.15 bits per heavy atom. The van der Waals surface area contributed by atoms with E-state index in [1.165, 1.54) is 49.8 Å². The highest BCUT2D eigenvalue weighted by molar-refractivity contribution is 5.56. The van der Waals surface area contributed by atoms with E-state index in [4.69, 9.17) is 4.74 Å². The lowest BCUT2D eigenvalue weighted by atomic mass is 9.53. The van der Waals surface area contributed by atoms with E-state index < -0.39 is 5.60 Å². The molecule has 1 saturated heterocycles. The van der Waals surface area contributed by atoms with Gasteiger partial charge in [-0.25, -0.2) is 0 Å². The molecule has 5 aliphatic rings. The van der Waals surface area contributed by atoms with E-state index in [2.05, 4.69) is 23.1 Å². The summed E-state index contributed by atoms with van der Waals surface area (Å²) in [6.07, 6.45) is 11.1. The number of methoxy groups -OCH3 is 1. The van der Waals surface area contributed by atoms with Crippen molar-refractivity contribution in [1.29, 1.82) is 0 Å². The van der Waals surface area contributed by atoms with Crippen LogP contribution in [0.15, 0.2) is 18.2 Å². The first-order valence-electron chi connectivity index (χ1n) is 10.8. The minimum atomic E-state index is -0.549. The monoisotopic (exact) mass is 353 g/mol. The molecule has 4 atom stereocenters. The Balaban J connectivity index is 1.51. The fraction of sp³-hybridized carbons (Fsp3) is 0.739. The molecule has 6 rings (SSSR count). The molecule has 3 heteroatoms. The Morgan fingerprint density at radius 3 is 2.77 bits per heavy atom. The molecule has 1 N–H and O–H groups in total. The molecule has 1 aromatic rings. The van der Waals surface area contributed by atoms with Gasteiger partial charge < -0.3 is 9.84 Å². The van der Waals surface area contributed by atoms with E-state index in [1.807, 2.05) is 0 Å². The van der Waals surface area contributed by atoms with Gasteiger partial charge in [0, 0.05) is 30.0 Å². The molecule has 3 bridgehead atoms. The van der Waals surface area contributed by atoms with Gasteiger partial charge in [0.15, 0.2) is 0 Å². The van der Waals surface area contributed by atoms with Gasteiger partial charge in [-0.3, -0.25) is 4.90 Å². The zero-order valence-electron chi connectivity index (χ0n) is 16.0. The van der Waals surface area contributed by atoms with Crippen molar-refractivity contribution < 1.29 is 9.84 Å². The Morgan fingerprint density at radius 2 is 2.00 bits per heavy atom. The predicted octanol–water partition coefficient (Wildman–Crippen LogP) is 3.77. The molecule has 3 saturated carbocycles. The summed E-state index contributed by atoms with van der Waals surface area (Å²) in [6, 6.07) is 7.12. The van der Waals surface area contributed by atoms with Gasteiger partial charge in [-0.2, -0.15) is 0 Å². The van der Waals surface area contributed by atoms with Crippen LogP contribution in [0, 0.1) is 5.92 Å². The van der Waals surface area contributed by atoms with Crippen LogP contribution in [0.5, 0.6) is 5.75 Å². The molecule has 4 fully saturated rings. The number of ether oxygens (including phenoxy) is 1. The zero-order chi connectivity index (χ0) is 17.6. The standard InChI is InChI=1S/C23H31NO2/c1-26-17-7-8-18-19(11-17)22-9-2-3-10-23(22,25)20-12-21(18,14-22)15-24(20)13-16-5-4-6-16/h7-8,11,16,20,25H,2-6,9-10,12-15H2,1H3. The molecule has 0 amide bonds. The summed E-state index contributed by atoms with van der Waals surface area (Å²) >= 11 is 0. The molecule has 26 heavy (non-hydrogen) atoms. The summed E-state index contributed by atoms with van der Waals surface area (Å²) in [5, 5.41) is 12.3. The van der Waals surface area contributed by atoms with Gasteiger partial charge in [-0.1, -0.05) is 25.3 Å². The molecule has 2 spiro atoms. The third-order valence-electron chi connectivity index (χ3n) is 8.99. The van der Waals surface area contributed by atoms with Crippen LogP contribution in [0.1, 0.15) is 68.9 Å². The Hall–Kier alpha value is -1.06. The van der Waals surface area contributed by atoms with Crippen LogP contribution in [-0.4, -0.2) is 41.8 Å². The average molecular weight is 354 g/mol. The van der Waals surface area contributed by atoms with Gasteiger partial charge in [0.05, 0.1) is 12.7 Å². The molecular weight excluding hydrogens is 322 g/mol. The fourth-order valence-corrected chi connectivity index (χ4v) is 7.70. The molecule has 4 unspecified atom stereocenters. The number of fused-ring (bicyclic) bond motifs is 3. The maximum Gasteiger partial charge on any atom is 0.119 e. The Bertz CT molecular complexity index is 759. The van der Waals surface area contributed by atoms with Crippen molar-refractivity contribution in [3.63, 3.8) is 0 Å². The largest absolute Gasteiger partial charge is 0.497 e. The van der Waals surface area contributed by atoms with Crippen LogP contribution in [0.4, 0.5) is 0 Å². The van der Waals surface area contributed by atoms with Gasteiger partial charge in [-0.05, 0) is 67.7 Å². The lowest BCUT2D eigenvalue weighted by molar-refractivity contribution is -0.130. The van der Waals surface area contributed by atoms with Crippen LogP contribution >= 0.6 is 0 Å². The molecule has 0 radical (unpaired) electrons.